The SMILES string of the molecule is NCC1CCC(C(=O)NC2CCN(C3CC3)C2)O1. The molecule has 0 bridgehead atoms. The lowest BCUT2D eigenvalue weighted by Crippen LogP contribution is -2.43. The molecule has 5 nitrogen and oxygen atoms in total. The second-order valence-electron chi connectivity index (χ2n) is 5.78. The first-order valence-electron chi connectivity index (χ1n) is 7.16. The van der Waals surface area contributed by atoms with Crippen molar-refractivity contribution in [1.82, 2.24) is 10.2 Å². The van der Waals surface area contributed by atoms with Crippen LogP contribution in [0.2, 0.25) is 0 Å². The average molecular weight is 253 g/mol. The number of nitrogens with one attached hydrogen (secondary N) is 1. The molecule has 5 heteroatoms. The minimum atomic E-state index is -0.270. The third-order valence-corrected chi connectivity index (χ3v) is 4.29. The molecule has 3 unspecified atom stereocenters. The molecule has 3 N–H and O–H groups in total. The van der Waals surface area contributed by atoms with E-state index in [1.807, 2.05) is 0 Å². The van der Waals surface area contributed by atoms with Crippen LogP contribution in [-0.2, 0) is 9.53 Å². The third-order valence-electron chi connectivity index (χ3n) is 4.29. The highest BCUT2D eigenvalue weighted by atomic mass is 16.5. The number of ether oxygens (including phenoxy) is 1. The summed E-state index contributed by atoms with van der Waals surface area (Å²) in [4.78, 5) is 14.6. The summed E-state index contributed by atoms with van der Waals surface area (Å²) in [6.45, 7) is 2.67. The number of amides is 1. The van der Waals surface area contributed by atoms with E-state index in [0.717, 1.165) is 38.4 Å². The predicted octanol–water partition coefficient (Wildman–Crippen LogP) is -0.154. The van der Waals surface area contributed by atoms with Gasteiger partial charge in [-0.05, 0) is 32.1 Å². The molecule has 2 aliphatic heterocycles. The van der Waals surface area contributed by atoms with E-state index in [9.17, 15) is 4.79 Å². The summed E-state index contributed by atoms with van der Waals surface area (Å²) < 4.78 is 5.62. The number of likely N-dealkylation sites (tertiary alicyclic amines) is 1. The minimum Gasteiger partial charge on any atom is -0.364 e. The van der Waals surface area contributed by atoms with E-state index < -0.39 is 0 Å². The Morgan fingerprint density at radius 3 is 2.78 bits per heavy atom. The lowest BCUT2D eigenvalue weighted by atomic mass is 10.1. The van der Waals surface area contributed by atoms with Gasteiger partial charge in [-0.1, -0.05) is 0 Å². The van der Waals surface area contributed by atoms with E-state index in [0.29, 0.717) is 12.6 Å². The number of carbonyl (C=O) groups excluding carboxylic acids is 1. The summed E-state index contributed by atoms with van der Waals surface area (Å²) in [5.41, 5.74) is 5.55. The van der Waals surface area contributed by atoms with Crippen LogP contribution >= 0.6 is 0 Å². The van der Waals surface area contributed by atoms with Gasteiger partial charge in [0.25, 0.3) is 0 Å². The van der Waals surface area contributed by atoms with Gasteiger partial charge in [0.15, 0.2) is 0 Å². The van der Waals surface area contributed by atoms with Gasteiger partial charge in [-0.2, -0.15) is 0 Å². The summed E-state index contributed by atoms with van der Waals surface area (Å²) in [5, 5.41) is 3.13. The van der Waals surface area contributed by atoms with Gasteiger partial charge in [0.05, 0.1) is 6.10 Å². The van der Waals surface area contributed by atoms with Crippen LogP contribution in [0, 0.1) is 0 Å². The highest BCUT2D eigenvalue weighted by Gasteiger charge is 2.36. The van der Waals surface area contributed by atoms with Crippen molar-refractivity contribution in [3.63, 3.8) is 0 Å². The van der Waals surface area contributed by atoms with Crippen LogP contribution in [-0.4, -0.2) is 54.7 Å². The van der Waals surface area contributed by atoms with Crippen LogP contribution in [0.4, 0.5) is 0 Å². The monoisotopic (exact) mass is 253 g/mol. The van der Waals surface area contributed by atoms with E-state index in [2.05, 4.69) is 10.2 Å². The molecule has 0 aromatic rings. The Bertz CT molecular complexity index is 319. The second kappa shape index (κ2) is 5.15. The van der Waals surface area contributed by atoms with Crippen LogP contribution in [0.15, 0.2) is 0 Å². The highest BCUT2D eigenvalue weighted by Crippen LogP contribution is 2.30. The molecular formula is C13H23N3O2. The molecule has 0 radical (unpaired) electrons. The minimum absolute atomic E-state index is 0.0635. The van der Waals surface area contributed by atoms with Crippen molar-refractivity contribution in [3.05, 3.63) is 0 Å². The van der Waals surface area contributed by atoms with E-state index in [1.54, 1.807) is 0 Å². The number of hydrogen-bond acceptors (Lipinski definition) is 4. The topological polar surface area (TPSA) is 67.6 Å². The Labute approximate surface area is 108 Å². The van der Waals surface area contributed by atoms with Gasteiger partial charge < -0.3 is 15.8 Å². The number of rotatable bonds is 4. The molecule has 0 aromatic heterocycles. The number of nitrogens with zero attached hydrogens (tertiary/aromatic N) is 1. The van der Waals surface area contributed by atoms with Crippen LogP contribution < -0.4 is 11.1 Å². The Morgan fingerprint density at radius 1 is 1.28 bits per heavy atom. The number of nitrogens with two attached hydrogens (primary N) is 1. The van der Waals surface area contributed by atoms with Crippen molar-refractivity contribution < 1.29 is 9.53 Å². The summed E-state index contributed by atoms with van der Waals surface area (Å²) in [6.07, 6.45) is 5.28. The molecule has 18 heavy (non-hydrogen) atoms. The molecule has 1 saturated carbocycles. The fourth-order valence-corrected chi connectivity index (χ4v) is 3.04. The smallest absolute Gasteiger partial charge is 0.249 e. The molecule has 0 spiro atoms. The van der Waals surface area contributed by atoms with Crippen molar-refractivity contribution in [3.8, 4) is 0 Å². The largest absolute Gasteiger partial charge is 0.364 e. The molecule has 1 aliphatic carbocycles. The van der Waals surface area contributed by atoms with E-state index in [4.69, 9.17) is 10.5 Å². The zero-order valence-corrected chi connectivity index (χ0v) is 10.8. The summed E-state index contributed by atoms with van der Waals surface area (Å²) in [5.74, 6) is 0.0635. The first-order chi connectivity index (χ1) is 8.76. The Kier molecular flexibility index (Phi) is 3.54. The van der Waals surface area contributed by atoms with E-state index >= 15 is 0 Å². The number of carbonyl (C=O) groups is 1. The van der Waals surface area contributed by atoms with Crippen LogP contribution in [0.1, 0.15) is 32.1 Å². The normalized spacial score (nSPS) is 37.1. The molecule has 3 aliphatic rings. The first-order valence-corrected chi connectivity index (χ1v) is 7.16. The molecule has 2 saturated heterocycles. The molecule has 2 heterocycles. The van der Waals surface area contributed by atoms with Gasteiger partial charge in [-0.25, -0.2) is 0 Å². The Balaban J connectivity index is 1.44. The van der Waals surface area contributed by atoms with E-state index in [1.165, 1.54) is 12.8 Å². The molecule has 1 amide bonds. The molecule has 3 fully saturated rings. The van der Waals surface area contributed by atoms with E-state index in [-0.39, 0.29) is 18.1 Å². The van der Waals surface area contributed by atoms with Crippen molar-refractivity contribution in [1.29, 1.82) is 0 Å². The Morgan fingerprint density at radius 2 is 2.11 bits per heavy atom. The van der Waals surface area contributed by atoms with Crippen molar-refractivity contribution in [2.45, 2.75) is 56.4 Å². The Hall–Kier alpha value is -0.650. The first kappa shape index (κ1) is 12.4. The maximum atomic E-state index is 12.1. The van der Waals surface area contributed by atoms with Crippen LogP contribution in [0.3, 0.4) is 0 Å². The van der Waals surface area contributed by atoms with Crippen LogP contribution in [0.25, 0.3) is 0 Å². The zero-order chi connectivity index (χ0) is 12.5. The van der Waals surface area contributed by atoms with Gasteiger partial charge in [0.2, 0.25) is 5.91 Å². The maximum Gasteiger partial charge on any atom is 0.249 e. The molecular weight excluding hydrogens is 230 g/mol. The zero-order valence-electron chi connectivity index (χ0n) is 10.8. The number of hydrogen-bond donors (Lipinski definition) is 2. The fourth-order valence-electron chi connectivity index (χ4n) is 3.04. The van der Waals surface area contributed by atoms with Gasteiger partial charge in [0, 0.05) is 31.7 Å². The fraction of sp³-hybridized carbons (Fsp3) is 0.923. The van der Waals surface area contributed by atoms with Crippen LogP contribution in [0.5, 0.6) is 0 Å². The third kappa shape index (κ3) is 2.68. The average Bonchev–Trinajstić information content (AvgIpc) is 2.93. The predicted molar refractivity (Wildman–Crippen MR) is 68.1 cm³/mol. The van der Waals surface area contributed by atoms with Gasteiger partial charge in [0.1, 0.15) is 6.10 Å². The second-order valence-corrected chi connectivity index (χ2v) is 5.78. The molecule has 3 rings (SSSR count). The lowest BCUT2D eigenvalue weighted by Gasteiger charge is -2.18. The summed E-state index contributed by atoms with van der Waals surface area (Å²) in [7, 11) is 0. The summed E-state index contributed by atoms with van der Waals surface area (Å²) >= 11 is 0. The van der Waals surface area contributed by atoms with Crippen molar-refractivity contribution >= 4 is 5.91 Å². The van der Waals surface area contributed by atoms with Crippen molar-refractivity contribution in [2.75, 3.05) is 19.6 Å². The summed E-state index contributed by atoms with van der Waals surface area (Å²) in [6, 6.07) is 1.12. The highest BCUT2D eigenvalue weighted by molar-refractivity contribution is 5.81. The maximum absolute atomic E-state index is 12.1. The van der Waals surface area contributed by atoms with Gasteiger partial charge in [-0.3, -0.25) is 9.69 Å². The van der Waals surface area contributed by atoms with Gasteiger partial charge >= 0.3 is 0 Å². The lowest BCUT2D eigenvalue weighted by molar-refractivity contribution is -0.132. The standard InChI is InChI=1S/C13H23N3O2/c14-7-11-3-4-12(18-11)13(17)15-9-5-6-16(8-9)10-1-2-10/h9-12H,1-8,14H2,(H,15,17). The van der Waals surface area contributed by atoms with Crippen molar-refractivity contribution in [2.24, 2.45) is 5.73 Å². The molecule has 0 aromatic carbocycles. The van der Waals surface area contributed by atoms with Gasteiger partial charge in [-0.15, -0.1) is 0 Å². The molecule has 102 valence electrons. The molecule has 3 atom stereocenters. The quantitative estimate of drug-likeness (QED) is 0.731.